The van der Waals surface area contributed by atoms with Crippen LogP contribution in [0.4, 0.5) is 5.69 Å². The van der Waals surface area contributed by atoms with E-state index in [0.717, 1.165) is 10.5 Å². The van der Waals surface area contributed by atoms with Gasteiger partial charge in [0.2, 0.25) is 16.2 Å². The van der Waals surface area contributed by atoms with Gasteiger partial charge in [0.1, 0.15) is 11.8 Å². The van der Waals surface area contributed by atoms with E-state index in [2.05, 4.69) is 16.0 Å². The van der Waals surface area contributed by atoms with Crippen molar-refractivity contribution in [1.82, 2.24) is 16.0 Å². The second-order valence-electron chi connectivity index (χ2n) is 13.1. The molecule has 0 fully saturated rings. The van der Waals surface area contributed by atoms with Crippen molar-refractivity contribution in [2.75, 3.05) is 30.9 Å². The normalized spacial score (nSPS) is 17.8. The van der Waals surface area contributed by atoms with Crippen LogP contribution in [0.2, 0.25) is 0 Å². The molecule has 5 N–H and O–H groups in total. The first kappa shape index (κ1) is 38.5. The van der Waals surface area contributed by atoms with Gasteiger partial charge in [-0.1, -0.05) is 54.6 Å². The lowest BCUT2D eigenvalue weighted by Gasteiger charge is -2.29. The number of aliphatic hydroxyl groups is 2. The number of hydrogen-bond acceptors (Lipinski definition) is 10. The second-order valence-corrected chi connectivity index (χ2v) is 15.1. The van der Waals surface area contributed by atoms with Crippen molar-refractivity contribution in [2.45, 2.75) is 55.4 Å². The minimum absolute atomic E-state index is 0.0265. The monoisotopic (exact) mass is 746 g/mol. The molecule has 3 aromatic carbocycles. The van der Waals surface area contributed by atoms with E-state index < -0.39 is 46.5 Å². The first-order chi connectivity index (χ1) is 24.9. The maximum Gasteiger partial charge on any atom is 0.252 e. The van der Waals surface area contributed by atoms with Crippen LogP contribution in [-0.4, -0.2) is 91.0 Å². The number of aliphatic hydroxyl groups excluding tert-OH is 2. The molecule has 3 aromatic rings. The number of rotatable bonds is 13. The molecule has 0 radical (unpaired) electrons. The summed E-state index contributed by atoms with van der Waals surface area (Å²) in [6.07, 6.45) is 3.92. The molecule has 0 aromatic heterocycles. The Labute approximate surface area is 308 Å². The first-order valence-corrected chi connectivity index (χ1v) is 18.7. The maximum atomic E-state index is 14.2. The summed E-state index contributed by atoms with van der Waals surface area (Å²) >= 11 is 1.43. The van der Waals surface area contributed by atoms with Crippen molar-refractivity contribution in [3.8, 4) is 5.75 Å². The standard InChI is InChI=1S/C38H42N4O8S2/c1-38(2,39-20-27(44)22-43)19-34(45)40-30-23-51-32-18-28(50-3)16-17-31(32)42(37(30)47)21-24-12-14-25(15-13-24)29-10-7-11-33(52(48)49)35(29)41-36(46)26-8-5-4-6-9-26/h4-18,27,30,35,39,43-44H,19-23H2,1-3H3,(H,40,45)(H,41,46)/t27-,30+,35?/m0/s1. The summed E-state index contributed by atoms with van der Waals surface area (Å²) in [5.41, 5.74) is 2.39. The zero-order valence-electron chi connectivity index (χ0n) is 29.0. The number of fused-ring (bicyclic) bond motifs is 1. The fourth-order valence-electron chi connectivity index (χ4n) is 5.89. The zero-order chi connectivity index (χ0) is 37.4. The maximum absolute atomic E-state index is 14.2. The number of benzene rings is 3. The van der Waals surface area contributed by atoms with Gasteiger partial charge in [-0.05, 0) is 67.0 Å². The van der Waals surface area contributed by atoms with Gasteiger partial charge in [-0.3, -0.25) is 14.4 Å². The van der Waals surface area contributed by atoms with Gasteiger partial charge in [-0.15, -0.1) is 11.8 Å². The number of carbonyl (C=O) groups is 3. The summed E-state index contributed by atoms with van der Waals surface area (Å²) in [5.74, 6) is -0.143. The van der Waals surface area contributed by atoms with E-state index in [4.69, 9.17) is 9.84 Å². The van der Waals surface area contributed by atoms with Crippen molar-refractivity contribution >= 4 is 55.9 Å². The molecule has 1 aliphatic carbocycles. The minimum atomic E-state index is -2.59. The van der Waals surface area contributed by atoms with Gasteiger partial charge < -0.3 is 35.8 Å². The average molecular weight is 747 g/mol. The van der Waals surface area contributed by atoms with Crippen LogP contribution in [0.3, 0.4) is 0 Å². The van der Waals surface area contributed by atoms with Crippen molar-refractivity contribution in [2.24, 2.45) is 0 Å². The molecule has 12 nitrogen and oxygen atoms in total. The summed E-state index contributed by atoms with van der Waals surface area (Å²) in [6.45, 7) is 3.48. The molecule has 5 rings (SSSR count). The van der Waals surface area contributed by atoms with Crippen molar-refractivity contribution in [1.29, 1.82) is 0 Å². The van der Waals surface area contributed by atoms with E-state index in [0.29, 0.717) is 28.1 Å². The van der Waals surface area contributed by atoms with Gasteiger partial charge >= 0.3 is 0 Å². The van der Waals surface area contributed by atoms with Crippen LogP contribution in [0, 0.1) is 0 Å². The van der Waals surface area contributed by atoms with Gasteiger partial charge in [0.15, 0.2) is 0 Å². The minimum Gasteiger partial charge on any atom is -0.497 e. The largest absolute Gasteiger partial charge is 0.497 e. The highest BCUT2D eigenvalue weighted by atomic mass is 32.2. The average Bonchev–Trinajstić information content (AvgIpc) is 3.26. The third-order valence-corrected chi connectivity index (χ3v) is 10.6. The number of nitrogens with one attached hydrogen (secondary N) is 3. The predicted molar refractivity (Wildman–Crippen MR) is 202 cm³/mol. The molecule has 3 atom stereocenters. The Balaban J connectivity index is 1.37. The summed E-state index contributed by atoms with van der Waals surface area (Å²) in [7, 11) is -1.02. The van der Waals surface area contributed by atoms with Crippen molar-refractivity contribution < 1.29 is 37.8 Å². The van der Waals surface area contributed by atoms with E-state index in [1.165, 1.54) is 17.8 Å². The molecule has 2 aliphatic rings. The van der Waals surface area contributed by atoms with Gasteiger partial charge in [0.05, 0.1) is 43.0 Å². The molecule has 3 amide bonds. The number of β-amino-alcohol motifs (C(OH)–C–C–N with tert-alkyl or cyclic N) is 1. The Morgan fingerprint density at radius 3 is 2.46 bits per heavy atom. The Morgan fingerprint density at radius 2 is 1.79 bits per heavy atom. The lowest BCUT2D eigenvalue weighted by Crippen LogP contribution is -2.52. The number of nitrogens with zero attached hydrogens (tertiary/aromatic N) is 1. The summed E-state index contributed by atoms with van der Waals surface area (Å²) in [4.78, 5) is 43.0. The molecule has 1 unspecified atom stereocenters. The number of methoxy groups -OCH3 is 1. The van der Waals surface area contributed by atoms with E-state index >= 15 is 0 Å². The first-order valence-electron chi connectivity index (χ1n) is 16.6. The van der Waals surface area contributed by atoms with Crippen LogP contribution in [-0.2, 0) is 26.4 Å². The summed E-state index contributed by atoms with van der Waals surface area (Å²) in [5, 5.41) is 27.7. The van der Waals surface area contributed by atoms with Crippen molar-refractivity contribution in [3.05, 3.63) is 108 Å². The van der Waals surface area contributed by atoms with E-state index in [9.17, 15) is 27.9 Å². The summed E-state index contributed by atoms with van der Waals surface area (Å²) < 4.78 is 29.8. The highest BCUT2D eigenvalue weighted by Crippen LogP contribution is 2.38. The zero-order valence-corrected chi connectivity index (χ0v) is 30.7. The van der Waals surface area contributed by atoms with Crippen LogP contribution >= 0.6 is 11.8 Å². The van der Waals surface area contributed by atoms with E-state index in [1.807, 2.05) is 36.4 Å². The Hall–Kier alpha value is -4.73. The SMILES string of the molecule is COc1ccc2c(c1)SC[C@@H](NC(=O)CC(C)(C)NC[C@H](O)CO)C(=O)N2Cc1ccc(C2=CC=CC(=S(=O)=O)C2NC(=O)c2ccccc2)cc1. The number of thioether (sulfide) groups is 1. The smallest absolute Gasteiger partial charge is 0.252 e. The lowest BCUT2D eigenvalue weighted by atomic mass is 9.91. The van der Waals surface area contributed by atoms with E-state index in [-0.39, 0.29) is 41.9 Å². The van der Waals surface area contributed by atoms with Crippen LogP contribution in [0.1, 0.15) is 41.8 Å². The molecule has 1 aliphatic heterocycles. The Morgan fingerprint density at radius 1 is 1.06 bits per heavy atom. The predicted octanol–water partition coefficient (Wildman–Crippen LogP) is 2.73. The molecular formula is C38H42N4O8S2. The van der Waals surface area contributed by atoms with Crippen LogP contribution < -0.4 is 25.6 Å². The fraction of sp³-hybridized carbons (Fsp3) is 0.316. The van der Waals surface area contributed by atoms with Crippen LogP contribution in [0.5, 0.6) is 5.75 Å². The Bertz CT molecular complexity index is 1990. The van der Waals surface area contributed by atoms with Crippen LogP contribution in [0.15, 0.2) is 95.9 Å². The molecule has 52 heavy (non-hydrogen) atoms. The number of amides is 3. The second kappa shape index (κ2) is 17.2. The van der Waals surface area contributed by atoms with Gasteiger partial charge in [-0.2, -0.15) is 8.42 Å². The quantitative estimate of drug-likeness (QED) is 0.164. The molecular weight excluding hydrogens is 705 g/mol. The van der Waals surface area contributed by atoms with Gasteiger partial charge in [0.25, 0.3) is 11.8 Å². The number of carbonyl (C=O) groups excluding carboxylic acids is 3. The van der Waals surface area contributed by atoms with Crippen molar-refractivity contribution in [3.63, 3.8) is 0 Å². The third-order valence-electron chi connectivity index (χ3n) is 8.66. The van der Waals surface area contributed by atoms with Gasteiger partial charge in [0, 0.05) is 34.7 Å². The molecule has 0 saturated heterocycles. The number of ether oxygens (including phenoxy) is 1. The fourth-order valence-corrected chi connectivity index (χ4v) is 7.56. The number of allylic oxidation sites excluding steroid dienone is 2. The number of hydrogen-bond donors (Lipinski definition) is 5. The molecule has 0 bridgehead atoms. The molecule has 1 heterocycles. The van der Waals surface area contributed by atoms with E-state index in [1.54, 1.807) is 74.4 Å². The third kappa shape index (κ3) is 9.57. The van der Waals surface area contributed by atoms with Gasteiger partial charge in [-0.25, -0.2) is 0 Å². The lowest BCUT2D eigenvalue weighted by molar-refractivity contribution is -0.128. The molecule has 0 saturated carbocycles. The number of anilines is 1. The summed E-state index contributed by atoms with van der Waals surface area (Å²) in [6, 6.07) is 19.6. The topological polar surface area (TPSA) is 174 Å². The highest BCUT2D eigenvalue weighted by Gasteiger charge is 2.34. The highest BCUT2D eigenvalue weighted by molar-refractivity contribution is 7.99. The molecule has 274 valence electrons. The van der Waals surface area contributed by atoms with Crippen LogP contribution in [0.25, 0.3) is 5.57 Å². The molecule has 0 spiro atoms. The molecule has 14 heteroatoms. The Kier molecular flexibility index (Phi) is 12.7.